The highest BCUT2D eigenvalue weighted by Gasteiger charge is 2.28. The molecule has 1 amide bonds. The lowest BCUT2D eigenvalue weighted by Crippen LogP contribution is -2.38. The first-order valence-electron chi connectivity index (χ1n) is 12.0. The van der Waals surface area contributed by atoms with Gasteiger partial charge in [-0.05, 0) is 49.6 Å². The average molecular weight is 514 g/mol. The number of aliphatic carboxylic acids is 1. The van der Waals surface area contributed by atoms with Gasteiger partial charge in [0.25, 0.3) is 5.91 Å². The van der Waals surface area contributed by atoms with Gasteiger partial charge in [-0.15, -0.1) is 0 Å². The Morgan fingerprint density at radius 2 is 1.86 bits per heavy atom. The Balaban J connectivity index is 1.94. The number of hydrogen-bond donors (Lipinski definition) is 3. The summed E-state index contributed by atoms with van der Waals surface area (Å²) in [4.78, 5) is 24.7. The van der Waals surface area contributed by atoms with Gasteiger partial charge in [0.05, 0.1) is 24.7 Å². The van der Waals surface area contributed by atoms with Crippen LogP contribution in [0.5, 0.6) is 11.6 Å². The Bertz CT molecular complexity index is 1240. The number of aromatic nitrogens is 2. The molecule has 2 atom stereocenters. The number of benzene rings is 2. The zero-order valence-corrected chi connectivity index (χ0v) is 21.3. The third-order valence-electron chi connectivity index (χ3n) is 6.00. The van der Waals surface area contributed by atoms with Crippen molar-refractivity contribution in [1.29, 1.82) is 0 Å². The maximum Gasteiger partial charge on any atom is 0.305 e. The number of carboxylic acid groups (broad SMARTS) is 1. The number of halogens is 1. The lowest BCUT2D eigenvalue weighted by molar-refractivity contribution is -0.137. The molecule has 0 spiro atoms. The number of amides is 1. The van der Waals surface area contributed by atoms with E-state index in [9.17, 15) is 24.2 Å². The van der Waals surface area contributed by atoms with E-state index in [0.29, 0.717) is 17.9 Å². The van der Waals surface area contributed by atoms with Gasteiger partial charge in [0, 0.05) is 6.07 Å². The molecule has 198 valence electrons. The Morgan fingerprint density at radius 3 is 2.51 bits per heavy atom. The molecule has 3 rings (SSSR count). The van der Waals surface area contributed by atoms with Crippen LogP contribution in [0.2, 0.25) is 0 Å². The molecule has 10 heteroatoms. The summed E-state index contributed by atoms with van der Waals surface area (Å²) >= 11 is 0. The van der Waals surface area contributed by atoms with E-state index in [0.717, 1.165) is 4.68 Å². The molecule has 0 aliphatic heterocycles. The number of carbonyl (C=O) groups is 2. The molecule has 2 aromatic carbocycles. The zero-order chi connectivity index (χ0) is 27.2. The van der Waals surface area contributed by atoms with Gasteiger partial charge in [0.2, 0.25) is 5.88 Å². The summed E-state index contributed by atoms with van der Waals surface area (Å²) in [7, 11) is 0. The van der Waals surface area contributed by atoms with Gasteiger partial charge in [0.15, 0.2) is 5.69 Å². The zero-order valence-electron chi connectivity index (χ0n) is 21.3. The summed E-state index contributed by atoms with van der Waals surface area (Å²) in [6.07, 6.45) is -0.379. The van der Waals surface area contributed by atoms with Crippen LogP contribution >= 0.6 is 0 Å². The van der Waals surface area contributed by atoms with Crippen LogP contribution in [0.4, 0.5) is 4.39 Å². The number of carboxylic acids is 1. The minimum absolute atomic E-state index is 0.0457. The van der Waals surface area contributed by atoms with Gasteiger partial charge in [-0.3, -0.25) is 9.59 Å². The minimum Gasteiger partial charge on any atom is -0.494 e. The molecule has 3 N–H and O–H groups in total. The lowest BCUT2D eigenvalue weighted by Gasteiger charge is -2.27. The second-order valence-corrected chi connectivity index (χ2v) is 9.16. The van der Waals surface area contributed by atoms with Crippen LogP contribution in [0.15, 0.2) is 54.6 Å². The summed E-state index contributed by atoms with van der Waals surface area (Å²) in [5, 5.41) is 27.0. The highest BCUT2D eigenvalue weighted by atomic mass is 19.1. The summed E-state index contributed by atoms with van der Waals surface area (Å²) < 4.78 is 27.0. The molecule has 9 nitrogen and oxygen atoms in total. The predicted octanol–water partition coefficient (Wildman–Crippen LogP) is 4.14. The molecule has 0 aliphatic rings. The fraction of sp³-hybridized carbons (Fsp3) is 0.370. The molecule has 2 unspecified atom stereocenters. The van der Waals surface area contributed by atoms with Crippen molar-refractivity contribution >= 4 is 11.9 Å². The first kappa shape index (κ1) is 27.7. The topological polar surface area (TPSA) is 123 Å². The second kappa shape index (κ2) is 11.9. The van der Waals surface area contributed by atoms with Crippen molar-refractivity contribution in [1.82, 2.24) is 15.1 Å². The molecule has 0 radical (unpaired) electrons. The third-order valence-corrected chi connectivity index (χ3v) is 6.00. The fourth-order valence-corrected chi connectivity index (χ4v) is 3.41. The molecule has 37 heavy (non-hydrogen) atoms. The summed E-state index contributed by atoms with van der Waals surface area (Å²) in [5.41, 5.74) is -0.712. The third kappa shape index (κ3) is 7.07. The molecule has 1 aromatic heterocycles. The van der Waals surface area contributed by atoms with E-state index in [1.165, 1.54) is 24.3 Å². The molecule has 0 bridgehead atoms. The van der Waals surface area contributed by atoms with Gasteiger partial charge in [-0.25, -0.2) is 4.39 Å². The van der Waals surface area contributed by atoms with E-state index in [2.05, 4.69) is 10.4 Å². The molecule has 0 fully saturated rings. The number of rotatable bonds is 12. The van der Waals surface area contributed by atoms with E-state index >= 15 is 0 Å². The quantitative estimate of drug-likeness (QED) is 0.333. The summed E-state index contributed by atoms with van der Waals surface area (Å²) in [5.74, 6) is -1.92. The van der Waals surface area contributed by atoms with Gasteiger partial charge in [-0.2, -0.15) is 9.78 Å². The Labute approximate surface area is 214 Å². The number of nitrogens with zero attached hydrogens (tertiary/aromatic N) is 2. The van der Waals surface area contributed by atoms with E-state index in [1.807, 2.05) is 20.8 Å². The largest absolute Gasteiger partial charge is 0.494 e. The molecule has 0 saturated carbocycles. The van der Waals surface area contributed by atoms with Gasteiger partial charge >= 0.3 is 5.97 Å². The number of nitrogens with one attached hydrogen (secondary N) is 1. The molecular formula is C27H32FN3O6. The van der Waals surface area contributed by atoms with E-state index in [1.54, 1.807) is 37.3 Å². The monoisotopic (exact) mass is 513 g/mol. The lowest BCUT2D eigenvalue weighted by atomic mass is 9.94. The fourth-order valence-electron chi connectivity index (χ4n) is 3.41. The number of aliphatic hydroxyl groups is 1. The van der Waals surface area contributed by atoms with Crippen molar-refractivity contribution in [3.05, 3.63) is 71.7 Å². The Morgan fingerprint density at radius 1 is 1.14 bits per heavy atom. The SMILES string of the molecule is CCOc1cccc(C(CC(=O)O)NC(=O)c2cc(OCC(C)(O)C(C)C)n(-c3ccccc3F)n2)c1. The van der Waals surface area contributed by atoms with Crippen LogP contribution in [0.3, 0.4) is 0 Å². The summed E-state index contributed by atoms with van der Waals surface area (Å²) in [6.45, 7) is 7.41. The van der Waals surface area contributed by atoms with Gasteiger partial charge in [-0.1, -0.05) is 38.1 Å². The van der Waals surface area contributed by atoms with Crippen LogP contribution in [0, 0.1) is 11.7 Å². The van der Waals surface area contributed by atoms with Crippen molar-refractivity contribution in [2.75, 3.05) is 13.2 Å². The molecule has 0 aliphatic carbocycles. The van der Waals surface area contributed by atoms with Crippen molar-refractivity contribution in [2.45, 2.75) is 45.8 Å². The first-order valence-corrected chi connectivity index (χ1v) is 12.0. The highest BCUT2D eigenvalue weighted by Crippen LogP contribution is 2.26. The van der Waals surface area contributed by atoms with E-state index < -0.39 is 29.3 Å². The normalized spacial score (nSPS) is 13.6. The maximum absolute atomic E-state index is 14.6. The molecule has 0 saturated heterocycles. The standard InChI is InChI=1S/C27H32FN3O6/c1-5-36-19-10-8-9-18(13-19)21(15-25(32)33)29-26(34)22-14-24(37-16-27(4,35)17(2)3)31(30-22)23-12-7-6-11-20(23)28/h6-14,17,21,35H,5,15-16H2,1-4H3,(H,29,34)(H,32,33). The number of ether oxygens (including phenoxy) is 2. The Hall–Kier alpha value is -3.92. The van der Waals surface area contributed by atoms with Gasteiger partial charge < -0.3 is 25.0 Å². The first-order chi connectivity index (χ1) is 17.5. The van der Waals surface area contributed by atoms with E-state index in [-0.39, 0.29) is 36.2 Å². The number of carbonyl (C=O) groups excluding carboxylic acids is 1. The van der Waals surface area contributed by atoms with Crippen molar-refractivity contribution in [2.24, 2.45) is 5.92 Å². The molecular weight excluding hydrogens is 481 g/mol. The van der Waals surface area contributed by atoms with Crippen molar-refractivity contribution in [3.8, 4) is 17.3 Å². The Kier molecular flexibility index (Phi) is 8.88. The van der Waals surface area contributed by atoms with Crippen LogP contribution in [-0.2, 0) is 4.79 Å². The summed E-state index contributed by atoms with van der Waals surface area (Å²) in [6, 6.07) is 13.1. The van der Waals surface area contributed by atoms with E-state index in [4.69, 9.17) is 9.47 Å². The van der Waals surface area contributed by atoms with Crippen molar-refractivity contribution < 1.29 is 33.7 Å². The van der Waals surface area contributed by atoms with Crippen LogP contribution in [0.25, 0.3) is 5.69 Å². The maximum atomic E-state index is 14.6. The minimum atomic E-state index is -1.19. The second-order valence-electron chi connectivity index (χ2n) is 9.16. The van der Waals surface area contributed by atoms with Gasteiger partial charge in [0.1, 0.15) is 23.9 Å². The predicted molar refractivity (Wildman–Crippen MR) is 135 cm³/mol. The number of hydrogen-bond acceptors (Lipinski definition) is 6. The van der Waals surface area contributed by atoms with Crippen molar-refractivity contribution in [3.63, 3.8) is 0 Å². The number of para-hydroxylation sites is 1. The van der Waals surface area contributed by atoms with Crippen LogP contribution in [-0.4, -0.2) is 50.7 Å². The highest BCUT2D eigenvalue weighted by molar-refractivity contribution is 5.93. The average Bonchev–Trinajstić information content (AvgIpc) is 3.27. The van der Waals surface area contributed by atoms with Crippen LogP contribution in [0.1, 0.15) is 56.2 Å². The molecule has 3 aromatic rings. The van der Waals surface area contributed by atoms with Crippen LogP contribution < -0.4 is 14.8 Å². The molecule has 1 heterocycles. The smallest absolute Gasteiger partial charge is 0.305 e.